The van der Waals surface area contributed by atoms with Crippen molar-refractivity contribution in [2.45, 2.75) is 19.6 Å². The highest BCUT2D eigenvalue weighted by Gasteiger charge is 2.22. The van der Waals surface area contributed by atoms with Gasteiger partial charge in [-0.3, -0.25) is 19.7 Å². The van der Waals surface area contributed by atoms with Crippen molar-refractivity contribution >= 4 is 23.3 Å². The lowest BCUT2D eigenvalue weighted by Gasteiger charge is -2.15. The molecule has 1 heterocycles. The smallest absolute Gasteiger partial charge is 0.359 e. The van der Waals surface area contributed by atoms with Crippen molar-refractivity contribution in [2.75, 3.05) is 19.0 Å². The minimum atomic E-state index is -1.28. The van der Waals surface area contributed by atoms with Crippen LogP contribution in [0.3, 0.4) is 0 Å². The molecule has 0 saturated carbocycles. The van der Waals surface area contributed by atoms with E-state index in [4.69, 9.17) is 14.2 Å². The molecule has 2 aromatic carbocycles. The maximum absolute atomic E-state index is 12.5. The van der Waals surface area contributed by atoms with E-state index >= 15 is 0 Å². The van der Waals surface area contributed by atoms with Gasteiger partial charge in [0.25, 0.3) is 17.2 Å². The number of carbonyl (C=O) groups is 2. The maximum Gasteiger partial charge on any atom is 0.359 e. The van der Waals surface area contributed by atoms with E-state index in [0.29, 0.717) is 5.75 Å². The zero-order valence-corrected chi connectivity index (χ0v) is 18.9. The van der Waals surface area contributed by atoms with E-state index in [2.05, 4.69) is 10.4 Å². The van der Waals surface area contributed by atoms with Crippen molar-refractivity contribution in [2.24, 2.45) is 0 Å². The molecule has 0 radical (unpaired) electrons. The van der Waals surface area contributed by atoms with Crippen LogP contribution < -0.4 is 20.3 Å². The molecule has 0 aliphatic heterocycles. The van der Waals surface area contributed by atoms with Crippen LogP contribution in [0, 0.1) is 10.1 Å². The van der Waals surface area contributed by atoms with Gasteiger partial charge in [0.15, 0.2) is 11.8 Å². The first-order chi connectivity index (χ1) is 16.8. The number of aromatic nitrogens is 2. The van der Waals surface area contributed by atoms with Crippen molar-refractivity contribution in [1.29, 1.82) is 0 Å². The average Bonchev–Trinajstić information content (AvgIpc) is 2.85. The predicted octanol–water partition coefficient (Wildman–Crippen LogP) is 2.42. The second kappa shape index (κ2) is 11.4. The van der Waals surface area contributed by atoms with Crippen LogP contribution in [0.15, 0.2) is 65.5 Å². The number of esters is 1. The van der Waals surface area contributed by atoms with Gasteiger partial charge in [-0.2, -0.15) is 5.10 Å². The third kappa shape index (κ3) is 6.63. The third-order valence-corrected chi connectivity index (χ3v) is 4.70. The molecule has 0 bridgehead atoms. The summed E-state index contributed by atoms with van der Waals surface area (Å²) in [6.45, 7) is 1.54. The van der Waals surface area contributed by atoms with Gasteiger partial charge >= 0.3 is 5.97 Å². The summed E-state index contributed by atoms with van der Waals surface area (Å²) in [5.74, 6) is -0.872. The normalized spacial score (nSPS) is 11.3. The number of methoxy groups -OCH3 is 1. The Labute approximate surface area is 199 Å². The highest BCUT2D eigenvalue weighted by Crippen LogP contribution is 2.29. The number of nitro groups is 1. The molecule has 0 aliphatic carbocycles. The molecule has 0 aliphatic rings. The zero-order chi connectivity index (χ0) is 25.4. The lowest BCUT2D eigenvalue weighted by molar-refractivity contribution is -0.384. The number of amides is 1. The van der Waals surface area contributed by atoms with Crippen molar-refractivity contribution < 1.29 is 28.7 Å². The van der Waals surface area contributed by atoms with Crippen molar-refractivity contribution in [3.05, 3.63) is 86.8 Å². The summed E-state index contributed by atoms with van der Waals surface area (Å²) in [4.78, 5) is 47.5. The van der Waals surface area contributed by atoms with Gasteiger partial charge in [-0.05, 0) is 31.2 Å². The summed E-state index contributed by atoms with van der Waals surface area (Å²) in [5.41, 5.74) is -0.841. The molecule has 1 unspecified atom stereocenters. The summed E-state index contributed by atoms with van der Waals surface area (Å²) in [6, 6.07) is 15.0. The van der Waals surface area contributed by atoms with Gasteiger partial charge in [0.1, 0.15) is 18.1 Å². The van der Waals surface area contributed by atoms with Crippen LogP contribution in [-0.2, 0) is 16.1 Å². The Morgan fingerprint density at radius 3 is 2.57 bits per heavy atom. The Morgan fingerprint density at radius 2 is 1.89 bits per heavy atom. The Kier molecular flexibility index (Phi) is 8.11. The van der Waals surface area contributed by atoms with Gasteiger partial charge in [-0.1, -0.05) is 18.2 Å². The Balaban J connectivity index is 1.63. The van der Waals surface area contributed by atoms with E-state index in [1.807, 2.05) is 18.2 Å². The van der Waals surface area contributed by atoms with E-state index in [9.17, 15) is 24.5 Å². The van der Waals surface area contributed by atoms with Gasteiger partial charge in [0.2, 0.25) is 0 Å². The van der Waals surface area contributed by atoms with Gasteiger partial charge in [-0.25, -0.2) is 9.48 Å². The summed E-state index contributed by atoms with van der Waals surface area (Å²) in [5, 5.41) is 17.4. The number of nitrogens with one attached hydrogen (secondary N) is 1. The highest BCUT2D eigenvalue weighted by molar-refractivity contribution is 5.98. The maximum atomic E-state index is 12.5. The highest BCUT2D eigenvalue weighted by atomic mass is 16.6. The fourth-order valence-corrected chi connectivity index (χ4v) is 2.90. The number of nitrogens with zero attached hydrogens (tertiary/aromatic N) is 3. The summed E-state index contributed by atoms with van der Waals surface area (Å²) in [6.07, 6.45) is -1.28. The molecule has 1 N–H and O–H groups in total. The van der Waals surface area contributed by atoms with E-state index < -0.39 is 28.5 Å². The number of carbonyl (C=O) groups excluding carboxylic acids is 2. The fourth-order valence-electron chi connectivity index (χ4n) is 2.90. The molecular weight excluding hydrogens is 460 g/mol. The fraction of sp³-hybridized carbons (Fsp3) is 0.217. The van der Waals surface area contributed by atoms with Crippen LogP contribution in [0.25, 0.3) is 0 Å². The molecule has 1 aromatic heterocycles. The lowest BCUT2D eigenvalue weighted by atomic mass is 10.2. The van der Waals surface area contributed by atoms with Crippen LogP contribution >= 0.6 is 0 Å². The molecule has 0 spiro atoms. The summed E-state index contributed by atoms with van der Waals surface area (Å²) in [7, 11) is 1.34. The number of anilines is 1. The molecular formula is C23H22N4O8. The lowest BCUT2D eigenvalue weighted by Crippen LogP contribution is -2.32. The second-order valence-corrected chi connectivity index (χ2v) is 7.12. The Hall–Kier alpha value is -4.74. The SMILES string of the molecule is COc1ccc([N+](=O)[O-])cc1NC(=O)C(C)OC(=O)c1ccc(=O)n(CCOc2ccccc2)n1. The molecule has 0 fully saturated rings. The quantitative estimate of drug-likeness (QED) is 0.261. The van der Waals surface area contributed by atoms with Gasteiger partial charge < -0.3 is 19.5 Å². The van der Waals surface area contributed by atoms with Crippen LogP contribution in [0.4, 0.5) is 11.4 Å². The molecule has 3 rings (SSSR count). The summed E-state index contributed by atoms with van der Waals surface area (Å²) < 4.78 is 16.8. The largest absolute Gasteiger partial charge is 0.495 e. The molecule has 0 saturated heterocycles. The number of benzene rings is 2. The average molecular weight is 482 g/mol. The topological polar surface area (TPSA) is 152 Å². The number of rotatable bonds is 10. The molecule has 3 aromatic rings. The molecule has 182 valence electrons. The van der Waals surface area contributed by atoms with Crippen molar-refractivity contribution in [3.8, 4) is 11.5 Å². The summed E-state index contributed by atoms with van der Waals surface area (Å²) >= 11 is 0. The molecule has 12 heteroatoms. The first kappa shape index (κ1) is 24.9. The second-order valence-electron chi connectivity index (χ2n) is 7.12. The standard InChI is InChI=1S/C23H22N4O8/c1-15(22(29)24-19-14-16(27(31)32)8-10-20(19)33-2)35-23(30)18-9-11-21(28)26(25-18)12-13-34-17-6-4-3-5-7-17/h3-11,14-15H,12-13H2,1-2H3,(H,24,29). The first-order valence-corrected chi connectivity index (χ1v) is 10.4. The molecule has 12 nitrogen and oxygen atoms in total. The monoisotopic (exact) mass is 482 g/mol. The van der Waals surface area contributed by atoms with Crippen LogP contribution in [0.1, 0.15) is 17.4 Å². The minimum absolute atomic E-state index is 0.0414. The predicted molar refractivity (Wildman–Crippen MR) is 124 cm³/mol. The number of non-ortho nitro benzene ring substituents is 1. The number of hydrogen-bond donors (Lipinski definition) is 1. The molecule has 35 heavy (non-hydrogen) atoms. The van der Waals surface area contributed by atoms with Crippen LogP contribution in [0.5, 0.6) is 11.5 Å². The Morgan fingerprint density at radius 1 is 1.14 bits per heavy atom. The molecule has 1 amide bonds. The van der Waals surface area contributed by atoms with E-state index in [1.165, 1.54) is 32.2 Å². The molecule has 1 atom stereocenters. The number of nitro benzene ring substituents is 1. The third-order valence-electron chi connectivity index (χ3n) is 4.70. The van der Waals surface area contributed by atoms with Gasteiger partial charge in [0.05, 0.1) is 24.3 Å². The van der Waals surface area contributed by atoms with Gasteiger partial charge in [-0.15, -0.1) is 0 Å². The van der Waals surface area contributed by atoms with Gasteiger partial charge in [0, 0.05) is 18.2 Å². The van der Waals surface area contributed by atoms with E-state index in [1.54, 1.807) is 12.1 Å². The zero-order valence-electron chi connectivity index (χ0n) is 18.9. The van der Waals surface area contributed by atoms with Crippen molar-refractivity contribution in [1.82, 2.24) is 9.78 Å². The number of hydrogen-bond acceptors (Lipinski definition) is 9. The number of ether oxygens (including phenoxy) is 3. The Bertz CT molecular complexity index is 1280. The van der Waals surface area contributed by atoms with E-state index in [-0.39, 0.29) is 36.0 Å². The van der Waals surface area contributed by atoms with E-state index in [0.717, 1.165) is 16.8 Å². The van der Waals surface area contributed by atoms with Crippen LogP contribution in [0.2, 0.25) is 0 Å². The van der Waals surface area contributed by atoms with Crippen LogP contribution in [-0.4, -0.2) is 46.4 Å². The van der Waals surface area contributed by atoms with Crippen molar-refractivity contribution in [3.63, 3.8) is 0 Å². The number of para-hydroxylation sites is 1. The first-order valence-electron chi connectivity index (χ1n) is 10.4. The minimum Gasteiger partial charge on any atom is -0.495 e.